The smallest absolute Gasteiger partial charge is 0.333 e. The molecule has 2 nitrogen and oxygen atoms in total. The standard InChI is InChI=1S/C63H55BN2S2/c1-60(2,3)34-20-24-37(25-21-34)66-48-30-41-39-26-22-36(62(7,8)9)29-51(39)68-52(41)32-44(48)56-57-54(40-17-12-14-18-45(40)63(57,10)11)55-43-28-35(61(4,5)6)23-27-47(43)65-49-31-42-38-16-13-15-19-50(38)67-53(42)33-46(49)64(66)58(56)59(55)65/h12-33H,1-11H3. The van der Waals surface area contributed by atoms with Crippen LogP contribution < -0.4 is 15.7 Å². The second kappa shape index (κ2) is 13.1. The molecule has 3 aliphatic rings. The summed E-state index contributed by atoms with van der Waals surface area (Å²) < 4.78 is 8.09. The van der Waals surface area contributed by atoms with Crippen molar-refractivity contribution in [2.45, 2.75) is 97.8 Å². The zero-order chi connectivity index (χ0) is 46.7. The van der Waals surface area contributed by atoms with Crippen LogP contribution in [-0.2, 0) is 21.7 Å². The highest BCUT2D eigenvalue weighted by atomic mass is 32.1. The van der Waals surface area contributed by atoms with Crippen LogP contribution in [0.5, 0.6) is 0 Å². The third-order valence-electron chi connectivity index (χ3n) is 16.2. The Bertz CT molecular complexity index is 4060. The van der Waals surface area contributed by atoms with Crippen molar-refractivity contribution in [1.29, 1.82) is 0 Å². The molecule has 5 heterocycles. The maximum Gasteiger partial charge on any atom is 0.333 e. The second-order valence-corrected chi connectivity index (χ2v) is 25.9. The van der Waals surface area contributed by atoms with Crippen LogP contribution in [0.1, 0.15) is 104 Å². The van der Waals surface area contributed by atoms with E-state index in [-0.39, 0.29) is 28.5 Å². The molecule has 0 N–H and O–H groups in total. The van der Waals surface area contributed by atoms with Gasteiger partial charge in [-0.15, -0.1) is 22.7 Å². The third kappa shape index (κ3) is 5.30. The first-order valence-electron chi connectivity index (χ1n) is 24.5. The molecule has 0 saturated heterocycles. The van der Waals surface area contributed by atoms with Crippen molar-refractivity contribution in [2.24, 2.45) is 0 Å². The number of nitrogens with zero attached hydrogens (tertiary/aromatic N) is 2. The highest BCUT2D eigenvalue weighted by Crippen LogP contribution is 2.60. The van der Waals surface area contributed by atoms with Gasteiger partial charge in [-0.05, 0) is 132 Å². The van der Waals surface area contributed by atoms with Gasteiger partial charge in [-0.2, -0.15) is 0 Å². The van der Waals surface area contributed by atoms with Gasteiger partial charge in [-0.1, -0.05) is 149 Å². The normalized spacial score (nSPS) is 15.0. The van der Waals surface area contributed by atoms with E-state index in [1.807, 2.05) is 22.7 Å². The van der Waals surface area contributed by atoms with E-state index in [2.05, 4.69) is 219 Å². The van der Waals surface area contributed by atoms with Gasteiger partial charge in [-0.25, -0.2) is 0 Å². The SMILES string of the molecule is CC(C)(C)c1ccc(N2B3c4cc5sc6ccccc6c5cc4-n4c5ccc(C(C)(C)C)cc5c5c6c(c(c3c54)-c3cc4sc5cc(C(C)(C)C)ccc5c4cc32)C(C)(C)c2ccccc2-6)cc1. The Morgan fingerprint density at radius 1 is 0.485 bits per heavy atom. The fourth-order valence-electron chi connectivity index (χ4n) is 12.7. The largest absolute Gasteiger partial charge is 0.376 e. The Morgan fingerprint density at radius 2 is 1.09 bits per heavy atom. The van der Waals surface area contributed by atoms with E-state index in [4.69, 9.17) is 0 Å². The van der Waals surface area contributed by atoms with Gasteiger partial charge in [0.1, 0.15) is 0 Å². The lowest BCUT2D eigenvalue weighted by Crippen LogP contribution is -2.61. The van der Waals surface area contributed by atoms with Gasteiger partial charge in [0.15, 0.2) is 0 Å². The molecule has 0 fully saturated rings. The topological polar surface area (TPSA) is 8.17 Å². The lowest BCUT2D eigenvalue weighted by molar-refractivity contribution is 0.590. The van der Waals surface area contributed by atoms with E-state index in [0.29, 0.717) is 0 Å². The number of hydrogen-bond donors (Lipinski definition) is 0. The molecule has 1 aliphatic carbocycles. The summed E-state index contributed by atoms with van der Waals surface area (Å²) in [5.74, 6) is 0. The summed E-state index contributed by atoms with van der Waals surface area (Å²) in [6.07, 6.45) is 0. The molecule has 3 aromatic heterocycles. The van der Waals surface area contributed by atoms with Gasteiger partial charge >= 0.3 is 6.85 Å². The Balaban J connectivity index is 1.22. The van der Waals surface area contributed by atoms with Crippen molar-refractivity contribution < 1.29 is 0 Å². The van der Waals surface area contributed by atoms with Crippen LogP contribution >= 0.6 is 22.7 Å². The molecular weight excluding hydrogens is 860 g/mol. The number of thiophene rings is 2. The average Bonchev–Trinajstić information content (AvgIpc) is 4.02. The number of anilines is 2. The second-order valence-electron chi connectivity index (χ2n) is 23.8. The monoisotopic (exact) mass is 914 g/mol. The first-order chi connectivity index (χ1) is 32.4. The number of fused-ring (bicyclic) bond motifs is 19. The summed E-state index contributed by atoms with van der Waals surface area (Å²) in [7, 11) is 0. The number of aromatic nitrogens is 1. The van der Waals surface area contributed by atoms with Crippen LogP contribution in [0.25, 0.3) is 90.1 Å². The van der Waals surface area contributed by atoms with E-state index in [0.717, 1.165) is 0 Å². The molecule has 0 radical (unpaired) electrons. The van der Waals surface area contributed by atoms with Crippen molar-refractivity contribution >= 4 is 114 Å². The molecule has 2 aliphatic heterocycles. The molecule has 14 rings (SSSR count). The lowest BCUT2D eigenvalue weighted by Gasteiger charge is -2.44. The van der Waals surface area contributed by atoms with Crippen LogP contribution in [0, 0.1) is 0 Å². The first kappa shape index (κ1) is 40.9. The number of hydrogen-bond acceptors (Lipinski definition) is 3. The minimum absolute atomic E-state index is 0.0161. The van der Waals surface area contributed by atoms with Crippen molar-refractivity contribution in [3.63, 3.8) is 0 Å². The minimum Gasteiger partial charge on any atom is -0.376 e. The van der Waals surface area contributed by atoms with Gasteiger partial charge in [0.05, 0.1) is 11.0 Å². The summed E-state index contributed by atoms with van der Waals surface area (Å²) in [5.41, 5.74) is 21.6. The summed E-state index contributed by atoms with van der Waals surface area (Å²) in [4.78, 5) is 2.76. The lowest BCUT2D eigenvalue weighted by atomic mass is 9.43. The quantitative estimate of drug-likeness (QED) is 0.149. The predicted octanol–water partition coefficient (Wildman–Crippen LogP) is 17.0. The fraction of sp³-hybridized carbons (Fsp3) is 0.238. The van der Waals surface area contributed by atoms with E-state index >= 15 is 0 Å². The van der Waals surface area contributed by atoms with Gasteiger partial charge in [0.25, 0.3) is 0 Å². The summed E-state index contributed by atoms with van der Waals surface area (Å²) >= 11 is 3.89. The van der Waals surface area contributed by atoms with E-state index < -0.39 is 0 Å². The van der Waals surface area contributed by atoms with Crippen LogP contribution in [0.3, 0.4) is 0 Å². The number of benzene rings is 8. The fourth-order valence-corrected chi connectivity index (χ4v) is 15.0. The Morgan fingerprint density at radius 3 is 1.84 bits per heavy atom. The van der Waals surface area contributed by atoms with E-state index in [9.17, 15) is 0 Å². The minimum atomic E-state index is -0.257. The molecule has 0 unspecified atom stereocenters. The molecule has 8 aromatic carbocycles. The van der Waals surface area contributed by atoms with Crippen molar-refractivity contribution in [3.05, 3.63) is 161 Å². The van der Waals surface area contributed by atoms with Gasteiger partial charge in [0, 0.05) is 79.2 Å². The third-order valence-corrected chi connectivity index (χ3v) is 18.4. The molecule has 11 aromatic rings. The van der Waals surface area contributed by atoms with Crippen molar-refractivity contribution in [3.8, 4) is 27.9 Å². The van der Waals surface area contributed by atoms with E-state index in [1.165, 1.54) is 140 Å². The maximum absolute atomic E-state index is 2.76. The Labute approximate surface area is 408 Å². The molecule has 0 saturated carbocycles. The average molecular weight is 915 g/mol. The zero-order valence-corrected chi connectivity index (χ0v) is 42.6. The van der Waals surface area contributed by atoms with Crippen molar-refractivity contribution in [2.75, 3.05) is 4.81 Å². The molecule has 68 heavy (non-hydrogen) atoms. The molecule has 5 heteroatoms. The molecule has 0 atom stereocenters. The van der Waals surface area contributed by atoms with Crippen LogP contribution in [0.15, 0.2) is 133 Å². The summed E-state index contributed by atoms with van der Waals surface area (Å²) in [6.45, 7) is 26.0. The highest BCUT2D eigenvalue weighted by Gasteiger charge is 2.50. The Hall–Kier alpha value is -6.14. The van der Waals surface area contributed by atoms with Gasteiger partial charge in [-0.3, -0.25) is 0 Å². The summed E-state index contributed by atoms with van der Waals surface area (Å²) in [5, 5.41) is 8.09. The van der Waals surface area contributed by atoms with E-state index in [1.54, 1.807) is 0 Å². The van der Waals surface area contributed by atoms with Crippen molar-refractivity contribution in [1.82, 2.24) is 4.57 Å². The molecular formula is C63H55BN2S2. The predicted molar refractivity (Wildman–Crippen MR) is 299 cm³/mol. The first-order valence-corrected chi connectivity index (χ1v) is 26.2. The molecule has 0 amide bonds. The molecule has 332 valence electrons. The molecule has 0 spiro atoms. The van der Waals surface area contributed by atoms with Crippen LogP contribution in [-0.4, -0.2) is 11.4 Å². The maximum atomic E-state index is 2.76. The van der Waals surface area contributed by atoms with Crippen LogP contribution in [0.4, 0.5) is 11.4 Å². The Kier molecular flexibility index (Phi) is 7.90. The molecule has 0 bridgehead atoms. The highest BCUT2D eigenvalue weighted by molar-refractivity contribution is 7.26. The number of rotatable bonds is 1. The van der Waals surface area contributed by atoms with Gasteiger partial charge < -0.3 is 9.38 Å². The van der Waals surface area contributed by atoms with Gasteiger partial charge in [0.2, 0.25) is 0 Å². The summed E-state index contributed by atoms with van der Waals surface area (Å²) in [6, 6.07) is 53.0. The van der Waals surface area contributed by atoms with Crippen LogP contribution in [0.2, 0.25) is 0 Å². The zero-order valence-electron chi connectivity index (χ0n) is 41.0.